The molecular weight excluding hydrogens is 558 g/mol. The summed E-state index contributed by atoms with van der Waals surface area (Å²) in [5.41, 5.74) is 0.745. The van der Waals surface area contributed by atoms with E-state index in [1.807, 2.05) is 19.9 Å². The standard InChI is InChI=1S/C28H37NO13/c1-15(2)12-21(26(34)37-13-20-10-8-7-9-11-20)29-28(35)42-27-25(40-19(6)33)24(39-18(5)32)23(38-17(4)31)22(41-27)14-36-16(3)30/h7-11,15,21-25,27H,12-14H2,1-6H3,(H,29,35)/t21-,22+,23-,24-,25+,27-/m0/s1. The summed E-state index contributed by atoms with van der Waals surface area (Å²) in [4.78, 5) is 73.2. The Bertz CT molecular complexity index is 1110. The normalized spacial score (nSPS) is 22.2. The van der Waals surface area contributed by atoms with Gasteiger partial charge in [-0.05, 0) is 17.9 Å². The molecule has 232 valence electrons. The molecule has 1 amide bonds. The van der Waals surface area contributed by atoms with Crippen molar-refractivity contribution in [3.8, 4) is 0 Å². The first kappa shape index (κ1) is 34.0. The van der Waals surface area contributed by atoms with Crippen LogP contribution in [0.3, 0.4) is 0 Å². The van der Waals surface area contributed by atoms with Crippen LogP contribution in [0.25, 0.3) is 0 Å². The molecule has 0 radical (unpaired) electrons. The number of nitrogens with one attached hydrogen (secondary N) is 1. The van der Waals surface area contributed by atoms with Crippen LogP contribution in [0.5, 0.6) is 0 Å². The maximum Gasteiger partial charge on any atom is 0.410 e. The van der Waals surface area contributed by atoms with Crippen LogP contribution >= 0.6 is 0 Å². The van der Waals surface area contributed by atoms with Gasteiger partial charge in [-0.1, -0.05) is 44.2 Å². The van der Waals surface area contributed by atoms with Crippen LogP contribution in [-0.2, 0) is 63.7 Å². The Morgan fingerprint density at radius 2 is 1.33 bits per heavy atom. The number of rotatable bonds is 12. The Labute approximate surface area is 243 Å². The van der Waals surface area contributed by atoms with E-state index in [0.717, 1.165) is 33.3 Å². The zero-order valence-corrected chi connectivity index (χ0v) is 24.4. The van der Waals surface area contributed by atoms with Crippen molar-refractivity contribution in [1.29, 1.82) is 0 Å². The average Bonchev–Trinajstić information content (AvgIpc) is 2.88. The van der Waals surface area contributed by atoms with E-state index in [1.165, 1.54) is 0 Å². The van der Waals surface area contributed by atoms with Gasteiger partial charge in [0.2, 0.25) is 12.4 Å². The van der Waals surface area contributed by atoms with Gasteiger partial charge in [-0.2, -0.15) is 0 Å². The Balaban J connectivity index is 2.30. The molecule has 1 aromatic carbocycles. The Morgan fingerprint density at radius 3 is 1.88 bits per heavy atom. The molecule has 0 unspecified atom stereocenters. The first-order chi connectivity index (χ1) is 19.8. The van der Waals surface area contributed by atoms with Crippen molar-refractivity contribution in [2.24, 2.45) is 5.92 Å². The van der Waals surface area contributed by atoms with Crippen molar-refractivity contribution in [3.63, 3.8) is 0 Å². The van der Waals surface area contributed by atoms with Crippen molar-refractivity contribution in [2.45, 2.75) is 91.3 Å². The lowest BCUT2D eigenvalue weighted by molar-refractivity contribution is -0.294. The van der Waals surface area contributed by atoms with Crippen LogP contribution in [0.1, 0.15) is 53.5 Å². The van der Waals surface area contributed by atoms with Crippen molar-refractivity contribution in [1.82, 2.24) is 5.32 Å². The molecule has 1 aromatic rings. The molecule has 0 aliphatic carbocycles. The van der Waals surface area contributed by atoms with Gasteiger partial charge >= 0.3 is 35.9 Å². The first-order valence-corrected chi connectivity index (χ1v) is 13.2. The summed E-state index contributed by atoms with van der Waals surface area (Å²) in [7, 11) is 0. The predicted molar refractivity (Wildman–Crippen MR) is 141 cm³/mol. The molecule has 42 heavy (non-hydrogen) atoms. The third-order valence-electron chi connectivity index (χ3n) is 5.68. The quantitative estimate of drug-likeness (QED) is 0.274. The second-order valence-electron chi connectivity index (χ2n) is 9.89. The fourth-order valence-corrected chi connectivity index (χ4v) is 4.08. The molecular formula is C28H37NO13. The SMILES string of the molecule is CC(=O)OC[C@H]1O[C@@H](OC(=O)N[C@@H](CC(C)C)C(=O)OCc2ccccc2)[C@H](OC(C)=O)[C@@H](OC(C)=O)[C@H]1OC(C)=O. The number of carbonyl (C=O) groups excluding carboxylic acids is 6. The fraction of sp³-hybridized carbons (Fsp3) is 0.571. The molecule has 2 rings (SSSR count). The minimum absolute atomic E-state index is 0.0231. The van der Waals surface area contributed by atoms with Gasteiger partial charge in [0.25, 0.3) is 0 Å². The van der Waals surface area contributed by atoms with Crippen molar-refractivity contribution < 1.29 is 61.9 Å². The predicted octanol–water partition coefficient (Wildman–Crippen LogP) is 1.95. The van der Waals surface area contributed by atoms with Gasteiger partial charge in [0, 0.05) is 27.7 Å². The van der Waals surface area contributed by atoms with Gasteiger partial charge in [-0.15, -0.1) is 0 Å². The highest BCUT2D eigenvalue weighted by atomic mass is 16.8. The second kappa shape index (κ2) is 16.3. The van der Waals surface area contributed by atoms with E-state index in [-0.39, 0.29) is 18.9 Å². The summed E-state index contributed by atoms with van der Waals surface area (Å²) in [6.45, 7) is 7.47. The highest BCUT2D eigenvalue weighted by Crippen LogP contribution is 2.30. The molecule has 0 aromatic heterocycles. The number of amides is 1. The van der Waals surface area contributed by atoms with Gasteiger partial charge < -0.3 is 38.5 Å². The number of hydrogen-bond donors (Lipinski definition) is 1. The lowest BCUT2D eigenvalue weighted by Gasteiger charge is -2.43. The van der Waals surface area contributed by atoms with Crippen molar-refractivity contribution in [2.75, 3.05) is 6.61 Å². The number of carbonyl (C=O) groups is 6. The maximum absolute atomic E-state index is 13.0. The lowest BCUT2D eigenvalue weighted by atomic mass is 9.98. The highest BCUT2D eigenvalue weighted by molar-refractivity contribution is 5.81. The molecule has 14 heteroatoms. The Kier molecular flexibility index (Phi) is 13.2. The summed E-state index contributed by atoms with van der Waals surface area (Å²) < 4.78 is 37.4. The molecule has 0 spiro atoms. The molecule has 14 nitrogen and oxygen atoms in total. The van der Waals surface area contributed by atoms with Crippen LogP contribution in [0.4, 0.5) is 4.79 Å². The summed E-state index contributed by atoms with van der Waals surface area (Å²) in [5.74, 6) is -3.97. The van der Waals surface area contributed by atoms with Crippen molar-refractivity contribution in [3.05, 3.63) is 35.9 Å². The number of benzene rings is 1. The summed E-state index contributed by atoms with van der Waals surface area (Å²) in [5, 5.41) is 2.44. The van der Waals surface area contributed by atoms with E-state index in [0.29, 0.717) is 0 Å². The molecule has 1 N–H and O–H groups in total. The number of hydrogen-bond acceptors (Lipinski definition) is 13. The van der Waals surface area contributed by atoms with Crippen LogP contribution < -0.4 is 5.32 Å². The van der Waals surface area contributed by atoms with Gasteiger partial charge in [-0.3, -0.25) is 19.2 Å². The monoisotopic (exact) mass is 595 g/mol. The smallest absolute Gasteiger partial charge is 0.410 e. The van der Waals surface area contributed by atoms with Crippen LogP contribution in [0, 0.1) is 5.92 Å². The van der Waals surface area contributed by atoms with E-state index in [1.54, 1.807) is 24.3 Å². The number of alkyl carbamates (subject to hydrolysis) is 1. The highest BCUT2D eigenvalue weighted by Gasteiger charge is 2.54. The average molecular weight is 596 g/mol. The largest absolute Gasteiger partial charge is 0.463 e. The molecule has 1 aliphatic rings. The van der Waals surface area contributed by atoms with E-state index >= 15 is 0 Å². The zero-order chi connectivity index (χ0) is 31.4. The van der Waals surface area contributed by atoms with Crippen LogP contribution in [-0.4, -0.2) is 79.3 Å². The van der Waals surface area contributed by atoms with Gasteiger partial charge in [0.1, 0.15) is 25.4 Å². The molecule has 1 saturated heterocycles. The third kappa shape index (κ3) is 11.4. The van der Waals surface area contributed by atoms with Gasteiger partial charge in [0.05, 0.1) is 0 Å². The van der Waals surface area contributed by atoms with Gasteiger partial charge in [0.15, 0.2) is 12.2 Å². The number of ether oxygens (including phenoxy) is 7. The fourth-order valence-electron chi connectivity index (χ4n) is 4.08. The first-order valence-electron chi connectivity index (χ1n) is 13.2. The Hall–Kier alpha value is -4.20. The van der Waals surface area contributed by atoms with E-state index in [9.17, 15) is 28.8 Å². The summed E-state index contributed by atoms with van der Waals surface area (Å²) >= 11 is 0. The van der Waals surface area contributed by atoms with Crippen molar-refractivity contribution >= 4 is 35.9 Å². The van der Waals surface area contributed by atoms with E-state index < -0.39 is 79.3 Å². The van der Waals surface area contributed by atoms with Gasteiger partial charge in [-0.25, -0.2) is 9.59 Å². The number of esters is 5. The third-order valence-corrected chi connectivity index (χ3v) is 5.68. The molecule has 1 fully saturated rings. The molecule has 1 aliphatic heterocycles. The summed E-state index contributed by atoms with van der Waals surface area (Å²) in [6, 6.07) is 7.83. The molecule has 6 atom stereocenters. The van der Waals surface area contributed by atoms with E-state index in [4.69, 9.17) is 33.2 Å². The second-order valence-corrected chi connectivity index (χ2v) is 9.89. The topological polar surface area (TPSA) is 179 Å². The van der Waals surface area contributed by atoms with E-state index in [2.05, 4.69) is 5.32 Å². The zero-order valence-electron chi connectivity index (χ0n) is 24.4. The lowest BCUT2D eigenvalue weighted by Crippen LogP contribution is -2.63. The minimum atomic E-state index is -1.74. The Morgan fingerprint density at radius 1 is 0.762 bits per heavy atom. The minimum Gasteiger partial charge on any atom is -0.463 e. The molecule has 1 heterocycles. The molecule has 0 saturated carbocycles. The van der Waals surface area contributed by atoms with Crippen LogP contribution in [0.2, 0.25) is 0 Å². The molecule has 0 bridgehead atoms. The summed E-state index contributed by atoms with van der Waals surface area (Å²) in [6.07, 6.45) is -8.56. The maximum atomic E-state index is 13.0. The van der Waals surface area contributed by atoms with Crippen LogP contribution in [0.15, 0.2) is 30.3 Å².